The third-order valence-corrected chi connectivity index (χ3v) is 8.12. The van der Waals surface area contributed by atoms with Crippen LogP contribution in [-0.2, 0) is 26.2 Å². The van der Waals surface area contributed by atoms with Crippen LogP contribution in [0.2, 0.25) is 0 Å². The molecule has 1 unspecified atom stereocenters. The number of anilines is 1. The molecular formula is C26H34BrN3O6S. The quantitative estimate of drug-likeness (QED) is 0.426. The first-order chi connectivity index (χ1) is 17.5. The Morgan fingerprint density at radius 1 is 1.05 bits per heavy atom. The summed E-state index contributed by atoms with van der Waals surface area (Å²) in [5.41, 5.74) is 1.09. The number of nitrogens with zero attached hydrogens (tertiary/aromatic N) is 2. The van der Waals surface area contributed by atoms with Crippen molar-refractivity contribution in [1.82, 2.24) is 10.2 Å². The molecule has 2 aromatic carbocycles. The molecule has 1 atom stereocenters. The minimum atomic E-state index is -3.83. The van der Waals surface area contributed by atoms with Crippen molar-refractivity contribution in [2.75, 3.05) is 36.4 Å². The van der Waals surface area contributed by atoms with Crippen molar-refractivity contribution in [1.29, 1.82) is 0 Å². The van der Waals surface area contributed by atoms with Crippen molar-refractivity contribution in [2.24, 2.45) is 5.92 Å². The van der Waals surface area contributed by atoms with Gasteiger partial charge in [-0.25, -0.2) is 8.42 Å². The molecule has 0 saturated heterocycles. The van der Waals surface area contributed by atoms with E-state index in [1.165, 1.54) is 11.8 Å². The largest absolute Gasteiger partial charge is 0.486 e. The van der Waals surface area contributed by atoms with Gasteiger partial charge in [0, 0.05) is 23.6 Å². The molecule has 0 saturated carbocycles. The second-order valence-electron chi connectivity index (χ2n) is 9.20. The van der Waals surface area contributed by atoms with Crippen molar-refractivity contribution >= 4 is 43.5 Å². The molecule has 11 heteroatoms. The minimum Gasteiger partial charge on any atom is -0.486 e. The Bertz CT molecular complexity index is 1220. The predicted molar refractivity (Wildman–Crippen MR) is 146 cm³/mol. The smallest absolute Gasteiger partial charge is 0.244 e. The first-order valence-corrected chi connectivity index (χ1v) is 14.6. The van der Waals surface area contributed by atoms with E-state index < -0.39 is 28.5 Å². The maximum atomic E-state index is 13.7. The van der Waals surface area contributed by atoms with Crippen LogP contribution in [-0.4, -0.2) is 63.2 Å². The summed E-state index contributed by atoms with van der Waals surface area (Å²) in [4.78, 5) is 28.1. The van der Waals surface area contributed by atoms with E-state index in [9.17, 15) is 18.0 Å². The average Bonchev–Trinajstić information content (AvgIpc) is 2.88. The number of benzene rings is 2. The van der Waals surface area contributed by atoms with Gasteiger partial charge in [0.2, 0.25) is 21.8 Å². The van der Waals surface area contributed by atoms with Crippen LogP contribution in [0.4, 0.5) is 5.69 Å². The summed E-state index contributed by atoms with van der Waals surface area (Å²) in [7, 11) is -3.83. The van der Waals surface area contributed by atoms with Crippen LogP contribution in [0.15, 0.2) is 46.9 Å². The molecule has 0 fully saturated rings. The molecule has 0 aliphatic carbocycles. The van der Waals surface area contributed by atoms with E-state index in [0.29, 0.717) is 36.9 Å². The standard InChI is InChI=1S/C26H34BrN3O6S/c1-5-37(33,34)30(22-9-10-23-24(14-22)36-12-11-35-23)17-25(31)29(16-20-7-6-8-21(27)13-20)19(4)26(32)28-15-18(2)3/h6-10,13-14,18-19H,5,11-12,15-17H2,1-4H3,(H,28,32). The maximum Gasteiger partial charge on any atom is 0.244 e. The zero-order chi connectivity index (χ0) is 27.2. The monoisotopic (exact) mass is 595 g/mol. The average molecular weight is 597 g/mol. The Balaban J connectivity index is 1.93. The van der Waals surface area contributed by atoms with E-state index in [2.05, 4.69) is 21.2 Å². The molecule has 9 nitrogen and oxygen atoms in total. The van der Waals surface area contributed by atoms with Crippen LogP contribution >= 0.6 is 15.9 Å². The second-order valence-corrected chi connectivity index (χ2v) is 12.3. The second kappa shape index (κ2) is 12.6. The highest BCUT2D eigenvalue weighted by Gasteiger charge is 2.31. The fourth-order valence-corrected chi connectivity index (χ4v) is 5.27. The molecule has 2 aromatic rings. The van der Waals surface area contributed by atoms with E-state index in [0.717, 1.165) is 14.3 Å². The van der Waals surface area contributed by atoms with Gasteiger partial charge in [-0.15, -0.1) is 0 Å². The van der Waals surface area contributed by atoms with Gasteiger partial charge in [-0.1, -0.05) is 41.9 Å². The summed E-state index contributed by atoms with van der Waals surface area (Å²) in [6.07, 6.45) is 0. The molecule has 0 aromatic heterocycles. The number of halogens is 1. The SMILES string of the molecule is CCS(=O)(=O)N(CC(=O)N(Cc1cccc(Br)c1)C(C)C(=O)NCC(C)C)c1ccc2c(c1)OCCO2. The van der Waals surface area contributed by atoms with Crippen LogP contribution < -0.4 is 19.1 Å². The fraction of sp³-hybridized carbons (Fsp3) is 0.462. The molecule has 3 rings (SSSR count). The van der Waals surface area contributed by atoms with E-state index in [-0.39, 0.29) is 24.1 Å². The molecule has 1 heterocycles. The Kier molecular flexibility index (Phi) is 9.83. The molecule has 0 radical (unpaired) electrons. The molecule has 1 N–H and O–H groups in total. The Labute approximate surface area is 227 Å². The lowest BCUT2D eigenvalue weighted by atomic mass is 10.1. The lowest BCUT2D eigenvalue weighted by Crippen LogP contribution is -2.51. The summed E-state index contributed by atoms with van der Waals surface area (Å²) in [6.45, 7) is 8.02. The lowest BCUT2D eigenvalue weighted by molar-refractivity contribution is -0.139. The molecule has 37 heavy (non-hydrogen) atoms. The van der Waals surface area contributed by atoms with Crippen molar-refractivity contribution in [3.63, 3.8) is 0 Å². The van der Waals surface area contributed by atoms with Crippen molar-refractivity contribution in [3.8, 4) is 11.5 Å². The van der Waals surface area contributed by atoms with Crippen LogP contribution in [0.25, 0.3) is 0 Å². The van der Waals surface area contributed by atoms with Gasteiger partial charge in [-0.2, -0.15) is 0 Å². The van der Waals surface area contributed by atoms with Crippen LogP contribution in [0.1, 0.15) is 33.3 Å². The number of hydrogen-bond donors (Lipinski definition) is 1. The molecule has 1 aliphatic heterocycles. The van der Waals surface area contributed by atoms with E-state index >= 15 is 0 Å². The van der Waals surface area contributed by atoms with Crippen LogP contribution in [0.3, 0.4) is 0 Å². The van der Waals surface area contributed by atoms with E-state index in [4.69, 9.17) is 9.47 Å². The van der Waals surface area contributed by atoms with Crippen LogP contribution in [0, 0.1) is 5.92 Å². The molecule has 2 amide bonds. The molecule has 1 aliphatic rings. The molecule has 0 spiro atoms. The van der Waals surface area contributed by atoms with Crippen molar-refractivity contribution in [2.45, 2.75) is 40.3 Å². The third-order valence-electron chi connectivity index (χ3n) is 5.89. The van der Waals surface area contributed by atoms with Gasteiger partial charge < -0.3 is 19.7 Å². The summed E-state index contributed by atoms with van der Waals surface area (Å²) >= 11 is 3.44. The van der Waals surface area contributed by atoms with Crippen molar-refractivity contribution in [3.05, 3.63) is 52.5 Å². The number of amides is 2. The normalized spacial score (nSPS) is 13.7. The number of carbonyl (C=O) groups excluding carboxylic acids is 2. The number of fused-ring (bicyclic) bond motifs is 1. The predicted octanol–water partition coefficient (Wildman–Crippen LogP) is 3.57. The molecule has 0 bridgehead atoms. The van der Waals surface area contributed by atoms with Gasteiger partial charge in [-0.05, 0) is 49.6 Å². The topological polar surface area (TPSA) is 105 Å². The number of ether oxygens (including phenoxy) is 2. The molecular weight excluding hydrogens is 562 g/mol. The lowest BCUT2D eigenvalue weighted by Gasteiger charge is -2.32. The Morgan fingerprint density at radius 2 is 1.76 bits per heavy atom. The zero-order valence-electron chi connectivity index (χ0n) is 21.6. The van der Waals surface area contributed by atoms with Gasteiger partial charge in [-0.3, -0.25) is 13.9 Å². The Hall–Kier alpha value is -2.79. The van der Waals surface area contributed by atoms with E-state index in [1.54, 1.807) is 25.1 Å². The number of carbonyl (C=O) groups is 2. The number of hydrogen-bond acceptors (Lipinski definition) is 6. The molecule has 202 valence electrons. The van der Waals surface area contributed by atoms with Gasteiger partial charge in [0.05, 0.1) is 11.4 Å². The van der Waals surface area contributed by atoms with Gasteiger partial charge in [0.1, 0.15) is 25.8 Å². The number of sulfonamides is 1. The highest BCUT2D eigenvalue weighted by atomic mass is 79.9. The van der Waals surface area contributed by atoms with Gasteiger partial charge >= 0.3 is 0 Å². The van der Waals surface area contributed by atoms with E-state index in [1.807, 2.05) is 38.1 Å². The summed E-state index contributed by atoms with van der Waals surface area (Å²) in [5, 5.41) is 2.87. The number of nitrogens with one attached hydrogen (secondary N) is 1. The zero-order valence-corrected chi connectivity index (χ0v) is 24.0. The summed E-state index contributed by atoms with van der Waals surface area (Å²) in [6, 6.07) is 11.4. The van der Waals surface area contributed by atoms with Gasteiger partial charge in [0.15, 0.2) is 11.5 Å². The summed E-state index contributed by atoms with van der Waals surface area (Å²) < 4.78 is 39.3. The van der Waals surface area contributed by atoms with Crippen molar-refractivity contribution < 1.29 is 27.5 Å². The maximum absolute atomic E-state index is 13.7. The third kappa shape index (κ3) is 7.61. The Morgan fingerprint density at radius 3 is 2.41 bits per heavy atom. The van der Waals surface area contributed by atoms with Crippen LogP contribution in [0.5, 0.6) is 11.5 Å². The first kappa shape index (κ1) is 28.8. The highest BCUT2D eigenvalue weighted by molar-refractivity contribution is 9.10. The summed E-state index contributed by atoms with van der Waals surface area (Å²) in [5.74, 6) is 0.165. The minimum absolute atomic E-state index is 0.135. The number of rotatable bonds is 11. The fourth-order valence-electron chi connectivity index (χ4n) is 3.77. The van der Waals surface area contributed by atoms with Gasteiger partial charge in [0.25, 0.3) is 0 Å². The first-order valence-electron chi connectivity index (χ1n) is 12.2. The highest BCUT2D eigenvalue weighted by Crippen LogP contribution is 2.35.